The first-order valence-corrected chi connectivity index (χ1v) is 16.1. The van der Waals surface area contributed by atoms with E-state index in [1.54, 1.807) is 56.3 Å². The highest BCUT2D eigenvalue weighted by molar-refractivity contribution is 7.89. The van der Waals surface area contributed by atoms with Gasteiger partial charge in [0.1, 0.15) is 12.1 Å². The third-order valence-corrected chi connectivity index (χ3v) is 9.46. The summed E-state index contributed by atoms with van der Waals surface area (Å²) in [4.78, 5) is 42.4. The van der Waals surface area contributed by atoms with Crippen LogP contribution in [0.5, 0.6) is 0 Å². The lowest BCUT2D eigenvalue weighted by molar-refractivity contribution is -0.138. The van der Waals surface area contributed by atoms with Gasteiger partial charge in [0.2, 0.25) is 15.9 Å². The largest absolute Gasteiger partial charge is 0.368 e. The van der Waals surface area contributed by atoms with Crippen LogP contribution in [0.4, 0.5) is 0 Å². The number of rotatable bonds is 14. The van der Waals surface area contributed by atoms with E-state index >= 15 is 0 Å². The fraction of sp³-hybridized carbons (Fsp3) is 0.438. The van der Waals surface area contributed by atoms with Crippen LogP contribution in [0.1, 0.15) is 67.1 Å². The summed E-state index contributed by atoms with van der Waals surface area (Å²) in [5, 5.41) is 3.73. The van der Waals surface area contributed by atoms with E-state index in [-0.39, 0.29) is 12.2 Å². The lowest BCUT2D eigenvalue weighted by Crippen LogP contribution is -2.60. The van der Waals surface area contributed by atoms with E-state index in [0.717, 1.165) is 16.7 Å². The van der Waals surface area contributed by atoms with E-state index in [1.807, 2.05) is 26.8 Å². The van der Waals surface area contributed by atoms with E-state index in [0.29, 0.717) is 40.5 Å². The molecule has 0 saturated carbocycles. The van der Waals surface area contributed by atoms with Gasteiger partial charge in [-0.1, -0.05) is 80.2 Å². The molecule has 3 atom stereocenters. The van der Waals surface area contributed by atoms with Gasteiger partial charge in [-0.15, -0.1) is 0 Å². The zero-order valence-corrected chi connectivity index (χ0v) is 26.6. The first-order chi connectivity index (χ1) is 20.3. The predicted octanol–water partition coefficient (Wildman–Crippen LogP) is 4.50. The van der Waals surface area contributed by atoms with Crippen LogP contribution in [0.3, 0.4) is 0 Å². The van der Waals surface area contributed by atoms with Gasteiger partial charge in [0.25, 0.3) is 11.8 Å². The van der Waals surface area contributed by atoms with Gasteiger partial charge in [-0.05, 0) is 43.9 Å². The molecule has 10 nitrogen and oxygen atoms in total. The Bertz CT molecular complexity index is 1500. The Morgan fingerprint density at radius 2 is 1.63 bits per heavy atom. The number of sulfonamides is 1. The number of benzene rings is 2. The summed E-state index contributed by atoms with van der Waals surface area (Å²) in [5.41, 5.74) is 9.31. The average molecular weight is 611 g/mol. The SMILES string of the molecule is CCCCS(=O)(=O)N(C(=O)[C@H](Cc1ccc(-c2ccno2)cc1)N(C)C(=O)c1cc(C)cc(C)c1)[C@H](C(N)=O)[C@@H](C)CC. The number of primary amides is 1. The second-order valence-corrected chi connectivity index (χ2v) is 13.1. The maximum atomic E-state index is 14.5. The predicted molar refractivity (Wildman–Crippen MR) is 165 cm³/mol. The van der Waals surface area contributed by atoms with Gasteiger partial charge in [0.05, 0.1) is 11.9 Å². The van der Waals surface area contributed by atoms with Crippen LogP contribution in [0, 0.1) is 19.8 Å². The van der Waals surface area contributed by atoms with Gasteiger partial charge < -0.3 is 15.2 Å². The van der Waals surface area contributed by atoms with Gasteiger partial charge in [0.15, 0.2) is 5.76 Å². The number of aromatic nitrogens is 1. The Labute approximate surface area is 254 Å². The van der Waals surface area contributed by atoms with Gasteiger partial charge >= 0.3 is 0 Å². The van der Waals surface area contributed by atoms with E-state index < -0.39 is 45.7 Å². The number of carbonyl (C=O) groups is 3. The van der Waals surface area contributed by atoms with Crippen molar-refractivity contribution in [2.45, 2.75) is 72.4 Å². The summed E-state index contributed by atoms with van der Waals surface area (Å²) in [6.45, 7) is 9.06. The summed E-state index contributed by atoms with van der Waals surface area (Å²) in [7, 11) is -2.79. The molecule has 1 heterocycles. The Kier molecular flexibility index (Phi) is 11.3. The molecule has 2 N–H and O–H groups in total. The fourth-order valence-corrected chi connectivity index (χ4v) is 7.00. The molecular formula is C32H42N4O6S. The number of hydrogen-bond donors (Lipinski definition) is 1. The molecule has 0 unspecified atom stereocenters. The molecule has 3 amide bonds. The van der Waals surface area contributed by atoms with Crippen molar-refractivity contribution in [3.63, 3.8) is 0 Å². The van der Waals surface area contributed by atoms with Crippen LogP contribution < -0.4 is 5.73 Å². The van der Waals surface area contributed by atoms with Crippen molar-refractivity contribution < 1.29 is 27.3 Å². The van der Waals surface area contributed by atoms with Crippen LogP contribution in [0.25, 0.3) is 11.3 Å². The lowest BCUT2D eigenvalue weighted by atomic mass is 9.96. The Hall–Kier alpha value is -3.99. The molecule has 0 radical (unpaired) electrons. The highest BCUT2D eigenvalue weighted by Gasteiger charge is 2.44. The van der Waals surface area contributed by atoms with Crippen molar-refractivity contribution in [3.05, 3.63) is 77.0 Å². The van der Waals surface area contributed by atoms with E-state index in [9.17, 15) is 22.8 Å². The average Bonchev–Trinajstić information content (AvgIpc) is 3.51. The number of unbranched alkanes of at least 4 members (excludes halogenated alkanes) is 1. The van der Waals surface area contributed by atoms with Crippen LogP contribution in [0.15, 0.2) is 59.3 Å². The number of hydrogen-bond acceptors (Lipinski definition) is 7. The molecule has 0 bridgehead atoms. The van der Waals surface area contributed by atoms with Crippen LogP contribution >= 0.6 is 0 Å². The van der Waals surface area contributed by atoms with E-state index in [2.05, 4.69) is 5.16 Å². The summed E-state index contributed by atoms with van der Waals surface area (Å²) in [6, 6.07) is 11.6. The number of likely N-dealkylation sites (N-methyl/N-ethyl adjacent to an activating group) is 1. The van der Waals surface area contributed by atoms with Crippen molar-refractivity contribution in [2.24, 2.45) is 11.7 Å². The third kappa shape index (κ3) is 8.10. The molecular weight excluding hydrogens is 568 g/mol. The first-order valence-electron chi connectivity index (χ1n) is 14.5. The van der Waals surface area contributed by atoms with Crippen molar-refractivity contribution in [2.75, 3.05) is 12.8 Å². The smallest absolute Gasteiger partial charge is 0.259 e. The number of nitrogens with two attached hydrogens (primary N) is 1. The number of nitrogens with zero attached hydrogens (tertiary/aromatic N) is 3. The number of amides is 3. The van der Waals surface area contributed by atoms with Crippen molar-refractivity contribution in [3.8, 4) is 11.3 Å². The lowest BCUT2D eigenvalue weighted by Gasteiger charge is -2.37. The second kappa shape index (κ2) is 14.5. The molecule has 11 heteroatoms. The molecule has 0 saturated heterocycles. The molecule has 0 fully saturated rings. The van der Waals surface area contributed by atoms with Crippen LogP contribution in [-0.4, -0.2) is 65.4 Å². The second-order valence-electron chi connectivity index (χ2n) is 11.1. The molecule has 3 rings (SSSR count). The zero-order valence-electron chi connectivity index (χ0n) is 25.7. The maximum absolute atomic E-state index is 14.5. The Balaban J connectivity index is 2.13. The van der Waals surface area contributed by atoms with Gasteiger partial charge in [-0.2, -0.15) is 0 Å². The fourth-order valence-electron chi connectivity index (χ4n) is 5.10. The minimum absolute atomic E-state index is 0.00561. The summed E-state index contributed by atoms with van der Waals surface area (Å²) < 4.78 is 33.4. The number of carbonyl (C=O) groups excluding carboxylic acids is 3. The van der Waals surface area contributed by atoms with Gasteiger partial charge in [-0.25, -0.2) is 12.7 Å². The molecule has 0 spiro atoms. The minimum atomic E-state index is -4.27. The quantitative estimate of drug-likeness (QED) is 0.283. The Morgan fingerprint density at radius 1 is 1.00 bits per heavy atom. The highest BCUT2D eigenvalue weighted by atomic mass is 32.2. The first kappa shape index (κ1) is 33.5. The van der Waals surface area contributed by atoms with E-state index in [1.165, 1.54) is 18.1 Å². The summed E-state index contributed by atoms with van der Waals surface area (Å²) >= 11 is 0. The zero-order chi connectivity index (χ0) is 31.9. The molecule has 1 aromatic heterocycles. The topological polar surface area (TPSA) is 144 Å². The molecule has 2 aromatic carbocycles. The highest BCUT2D eigenvalue weighted by Crippen LogP contribution is 2.26. The maximum Gasteiger partial charge on any atom is 0.259 e. The summed E-state index contributed by atoms with van der Waals surface area (Å²) in [6.07, 6.45) is 2.80. The molecule has 0 aliphatic carbocycles. The molecule has 3 aromatic rings. The van der Waals surface area contributed by atoms with Crippen LogP contribution in [0.2, 0.25) is 0 Å². The molecule has 0 aliphatic heterocycles. The Morgan fingerprint density at radius 3 is 2.14 bits per heavy atom. The normalized spacial score (nSPS) is 13.6. The summed E-state index contributed by atoms with van der Waals surface area (Å²) in [5.74, 6) is -2.55. The monoisotopic (exact) mass is 610 g/mol. The van der Waals surface area contributed by atoms with Crippen molar-refractivity contribution in [1.82, 2.24) is 14.4 Å². The standard InChI is InChI=1S/C32H42N4O6S/c1-7-9-16-43(40,41)36(29(30(33)37)23(5)8-2)32(39)27(35(6)31(38)26-18-21(3)17-22(4)19-26)20-24-10-12-25(13-11-24)28-14-15-34-42-28/h10-15,17-19,23,27,29H,7-9,16,20H2,1-6H3,(H2,33,37)/t23-,27-,29-/m0/s1. The van der Waals surface area contributed by atoms with E-state index in [4.69, 9.17) is 10.3 Å². The molecule has 0 aliphatic rings. The molecule has 232 valence electrons. The third-order valence-electron chi connectivity index (χ3n) is 7.65. The van der Waals surface area contributed by atoms with Crippen molar-refractivity contribution >= 4 is 27.7 Å². The molecule has 43 heavy (non-hydrogen) atoms. The van der Waals surface area contributed by atoms with Crippen molar-refractivity contribution in [1.29, 1.82) is 0 Å². The number of aryl methyl sites for hydroxylation is 2. The minimum Gasteiger partial charge on any atom is -0.368 e. The van der Waals surface area contributed by atoms with Gasteiger partial charge in [0, 0.05) is 30.7 Å². The van der Waals surface area contributed by atoms with Crippen LogP contribution in [-0.2, 0) is 26.0 Å². The van der Waals surface area contributed by atoms with Gasteiger partial charge in [-0.3, -0.25) is 14.4 Å².